The third-order valence-electron chi connectivity index (χ3n) is 5.02. The summed E-state index contributed by atoms with van der Waals surface area (Å²) in [6.07, 6.45) is 5.04. The number of carbonyl (C=O) groups excluding carboxylic acids is 2. The maximum absolute atomic E-state index is 13.2. The van der Waals surface area contributed by atoms with Crippen molar-refractivity contribution in [1.82, 2.24) is 19.8 Å². The zero-order valence-electron chi connectivity index (χ0n) is 16.9. The number of likely N-dealkylation sites (N-methyl/N-ethyl adjacent to an activating group) is 1. The highest BCUT2D eigenvalue weighted by molar-refractivity contribution is 5.99. The third kappa shape index (κ3) is 3.98. The molecule has 28 heavy (non-hydrogen) atoms. The lowest BCUT2D eigenvalue weighted by Gasteiger charge is -2.39. The Hall–Kier alpha value is -2.96. The van der Waals surface area contributed by atoms with Crippen molar-refractivity contribution in [3.8, 4) is 11.1 Å². The molecule has 1 atom stereocenters. The Morgan fingerprint density at radius 3 is 2.54 bits per heavy atom. The summed E-state index contributed by atoms with van der Waals surface area (Å²) in [6, 6.07) is 7.05. The molecule has 1 aliphatic heterocycles. The van der Waals surface area contributed by atoms with Gasteiger partial charge in [0.2, 0.25) is 11.9 Å². The van der Waals surface area contributed by atoms with Crippen LogP contribution < -0.4 is 4.90 Å². The lowest BCUT2D eigenvalue weighted by atomic mass is 10.0. The predicted octanol–water partition coefficient (Wildman–Crippen LogP) is 2.29. The maximum Gasteiger partial charge on any atom is 0.254 e. The van der Waals surface area contributed by atoms with Gasteiger partial charge in [-0.2, -0.15) is 0 Å². The van der Waals surface area contributed by atoms with Gasteiger partial charge in [-0.3, -0.25) is 9.59 Å². The monoisotopic (exact) mass is 381 g/mol. The van der Waals surface area contributed by atoms with Crippen molar-refractivity contribution in [2.75, 3.05) is 39.1 Å². The summed E-state index contributed by atoms with van der Waals surface area (Å²) in [7, 11) is 5.57. The van der Waals surface area contributed by atoms with Crippen molar-refractivity contribution in [2.24, 2.45) is 0 Å². The number of benzene rings is 1. The van der Waals surface area contributed by atoms with Gasteiger partial charge in [-0.25, -0.2) is 9.97 Å². The molecule has 1 aromatic heterocycles. The summed E-state index contributed by atoms with van der Waals surface area (Å²) < 4.78 is 0. The topological polar surface area (TPSA) is 69.6 Å². The van der Waals surface area contributed by atoms with Crippen LogP contribution in [0.4, 0.5) is 5.95 Å². The van der Waals surface area contributed by atoms with Gasteiger partial charge in [0, 0.05) is 57.8 Å². The Bertz CT molecular complexity index is 850. The van der Waals surface area contributed by atoms with E-state index in [1.165, 1.54) is 0 Å². The highest BCUT2D eigenvalue weighted by Crippen LogP contribution is 2.23. The molecule has 1 aliphatic rings. The van der Waals surface area contributed by atoms with Gasteiger partial charge in [0.1, 0.15) is 6.04 Å². The summed E-state index contributed by atoms with van der Waals surface area (Å²) >= 11 is 0. The average Bonchev–Trinajstić information content (AvgIpc) is 2.71. The minimum atomic E-state index is -0.386. The molecule has 1 fully saturated rings. The molecular formula is C21H27N5O2. The molecule has 148 valence electrons. The van der Waals surface area contributed by atoms with E-state index in [0.29, 0.717) is 31.0 Å². The van der Waals surface area contributed by atoms with Crippen molar-refractivity contribution in [2.45, 2.75) is 25.8 Å². The molecule has 0 aliphatic carbocycles. The van der Waals surface area contributed by atoms with Crippen LogP contribution in [0.1, 0.15) is 30.1 Å². The number of nitrogens with zero attached hydrogens (tertiary/aromatic N) is 5. The number of carbonyl (C=O) groups is 2. The van der Waals surface area contributed by atoms with Crippen molar-refractivity contribution in [1.29, 1.82) is 0 Å². The van der Waals surface area contributed by atoms with Crippen LogP contribution in [0.15, 0.2) is 36.7 Å². The molecule has 2 aromatic rings. The fourth-order valence-corrected chi connectivity index (χ4v) is 3.41. The summed E-state index contributed by atoms with van der Waals surface area (Å²) in [4.78, 5) is 39.7. The van der Waals surface area contributed by atoms with E-state index in [-0.39, 0.29) is 17.9 Å². The van der Waals surface area contributed by atoms with Crippen LogP contribution in [0.2, 0.25) is 0 Å². The molecule has 3 rings (SSSR count). The summed E-state index contributed by atoms with van der Waals surface area (Å²) in [5, 5.41) is 0. The summed E-state index contributed by atoms with van der Waals surface area (Å²) in [5.74, 6) is 0.548. The lowest BCUT2D eigenvalue weighted by molar-refractivity contribution is -0.138. The van der Waals surface area contributed by atoms with Crippen LogP contribution in [-0.2, 0) is 4.79 Å². The number of anilines is 1. The van der Waals surface area contributed by atoms with Crippen LogP contribution in [0.5, 0.6) is 0 Å². The van der Waals surface area contributed by atoms with Gasteiger partial charge in [-0.1, -0.05) is 25.5 Å². The zero-order valence-corrected chi connectivity index (χ0v) is 16.9. The van der Waals surface area contributed by atoms with E-state index in [2.05, 4.69) is 9.97 Å². The lowest BCUT2D eigenvalue weighted by Crippen LogP contribution is -2.57. The molecule has 0 bridgehead atoms. The molecule has 0 saturated carbocycles. The molecule has 0 spiro atoms. The molecule has 7 nitrogen and oxygen atoms in total. The number of rotatable bonds is 5. The van der Waals surface area contributed by atoms with Crippen molar-refractivity contribution in [3.05, 3.63) is 42.2 Å². The Kier molecular flexibility index (Phi) is 5.92. The number of amides is 2. The van der Waals surface area contributed by atoms with Gasteiger partial charge in [0.05, 0.1) is 0 Å². The van der Waals surface area contributed by atoms with E-state index in [9.17, 15) is 9.59 Å². The largest absolute Gasteiger partial charge is 0.347 e. The van der Waals surface area contributed by atoms with Crippen LogP contribution in [0.25, 0.3) is 11.1 Å². The first-order valence-corrected chi connectivity index (χ1v) is 9.58. The van der Waals surface area contributed by atoms with E-state index in [0.717, 1.165) is 17.5 Å². The number of piperazine rings is 1. The molecule has 0 N–H and O–H groups in total. The molecular weight excluding hydrogens is 354 g/mol. The minimum Gasteiger partial charge on any atom is -0.347 e. The normalized spacial score (nSPS) is 17.0. The second-order valence-corrected chi connectivity index (χ2v) is 7.31. The van der Waals surface area contributed by atoms with Gasteiger partial charge in [-0.05, 0) is 24.1 Å². The van der Waals surface area contributed by atoms with Gasteiger partial charge in [0.15, 0.2) is 0 Å². The van der Waals surface area contributed by atoms with E-state index in [1.807, 2.05) is 44.1 Å². The van der Waals surface area contributed by atoms with Crippen LogP contribution in [-0.4, -0.2) is 71.9 Å². The van der Waals surface area contributed by atoms with Gasteiger partial charge in [-0.15, -0.1) is 0 Å². The molecule has 7 heteroatoms. The van der Waals surface area contributed by atoms with Crippen LogP contribution in [0.3, 0.4) is 0 Å². The molecule has 0 radical (unpaired) electrons. The second-order valence-electron chi connectivity index (χ2n) is 7.31. The van der Waals surface area contributed by atoms with Crippen LogP contribution in [0, 0.1) is 0 Å². The van der Waals surface area contributed by atoms with Gasteiger partial charge >= 0.3 is 0 Å². The van der Waals surface area contributed by atoms with Crippen molar-refractivity contribution >= 4 is 17.8 Å². The van der Waals surface area contributed by atoms with Gasteiger partial charge in [0.25, 0.3) is 5.91 Å². The van der Waals surface area contributed by atoms with E-state index >= 15 is 0 Å². The highest BCUT2D eigenvalue weighted by Gasteiger charge is 2.35. The molecule has 2 heterocycles. The number of aromatic nitrogens is 2. The quantitative estimate of drug-likeness (QED) is 0.795. The SMILES string of the molecule is CCCC1C(=O)N(C)CCN1C(=O)c1cccc(-c2cnc(N(C)C)nc2)c1. The fourth-order valence-electron chi connectivity index (χ4n) is 3.41. The number of hydrogen-bond acceptors (Lipinski definition) is 5. The van der Waals surface area contributed by atoms with Crippen molar-refractivity contribution in [3.63, 3.8) is 0 Å². The Morgan fingerprint density at radius 2 is 1.89 bits per heavy atom. The molecule has 1 aromatic carbocycles. The summed E-state index contributed by atoms with van der Waals surface area (Å²) in [5.41, 5.74) is 2.30. The van der Waals surface area contributed by atoms with E-state index < -0.39 is 0 Å². The first-order chi connectivity index (χ1) is 13.4. The van der Waals surface area contributed by atoms with Crippen molar-refractivity contribution < 1.29 is 9.59 Å². The number of hydrogen-bond donors (Lipinski definition) is 0. The third-order valence-corrected chi connectivity index (χ3v) is 5.02. The summed E-state index contributed by atoms with van der Waals surface area (Å²) in [6.45, 7) is 3.14. The van der Waals surface area contributed by atoms with E-state index in [1.54, 1.807) is 35.3 Å². The van der Waals surface area contributed by atoms with Gasteiger partial charge < -0.3 is 14.7 Å². The minimum absolute atomic E-state index is 0.0188. The highest BCUT2D eigenvalue weighted by atomic mass is 16.2. The average molecular weight is 381 g/mol. The Balaban J connectivity index is 1.86. The smallest absolute Gasteiger partial charge is 0.254 e. The zero-order chi connectivity index (χ0) is 20.3. The predicted molar refractivity (Wildman–Crippen MR) is 109 cm³/mol. The van der Waals surface area contributed by atoms with Crippen LogP contribution >= 0.6 is 0 Å². The van der Waals surface area contributed by atoms with E-state index in [4.69, 9.17) is 0 Å². The first-order valence-electron chi connectivity index (χ1n) is 9.58. The fraction of sp³-hybridized carbons (Fsp3) is 0.429. The molecule has 2 amide bonds. The Morgan fingerprint density at radius 1 is 1.18 bits per heavy atom. The molecule has 1 unspecified atom stereocenters. The second kappa shape index (κ2) is 8.37. The Labute approximate surface area is 166 Å². The maximum atomic E-state index is 13.2. The first kappa shape index (κ1) is 19.8. The standard InChI is InChI=1S/C21H27N5O2/c1-5-7-18-20(28)25(4)10-11-26(18)19(27)16-9-6-8-15(12-16)17-13-22-21(23-14-17)24(2)3/h6,8-9,12-14,18H,5,7,10-11H2,1-4H3. The molecule has 1 saturated heterocycles.